The summed E-state index contributed by atoms with van der Waals surface area (Å²) in [7, 11) is 0. The van der Waals surface area contributed by atoms with E-state index >= 15 is 0 Å². The third-order valence-electron chi connectivity index (χ3n) is 1.77. The van der Waals surface area contributed by atoms with Crippen LogP contribution in [0.4, 0.5) is 4.39 Å². The first-order valence-corrected chi connectivity index (χ1v) is 4.68. The Labute approximate surface area is 90.0 Å². The lowest BCUT2D eigenvalue weighted by Crippen LogP contribution is -1.92. The van der Waals surface area contributed by atoms with Crippen molar-refractivity contribution in [1.29, 1.82) is 0 Å². The quantitative estimate of drug-likeness (QED) is 0.743. The number of H-pyrrole nitrogens is 1. The minimum Gasteiger partial charge on any atom is -0.337 e. The summed E-state index contributed by atoms with van der Waals surface area (Å²) in [5.41, 5.74) is 0.612. The maximum Gasteiger partial charge on any atom is 0.181 e. The molecular weight excluding hydrogens is 223 g/mol. The van der Waals surface area contributed by atoms with Gasteiger partial charge < -0.3 is 4.98 Å². The topological polar surface area (TPSA) is 20.7 Å². The number of benzene rings is 1. The lowest BCUT2D eigenvalue weighted by Gasteiger charge is -2.02. The summed E-state index contributed by atoms with van der Waals surface area (Å²) in [6.45, 7) is 0. The number of imidazole rings is 1. The van der Waals surface area contributed by atoms with Gasteiger partial charge in [0.25, 0.3) is 0 Å². The van der Waals surface area contributed by atoms with Gasteiger partial charge in [-0.2, -0.15) is 0 Å². The third kappa shape index (κ3) is 1.71. The van der Waals surface area contributed by atoms with Crippen molar-refractivity contribution in [2.75, 3.05) is 0 Å². The highest BCUT2D eigenvalue weighted by molar-refractivity contribution is 7.71. The van der Waals surface area contributed by atoms with E-state index in [1.54, 1.807) is 23.0 Å². The smallest absolute Gasteiger partial charge is 0.181 e. The van der Waals surface area contributed by atoms with Gasteiger partial charge in [0.15, 0.2) is 4.77 Å². The Hall–Kier alpha value is -1.13. The minimum absolute atomic E-state index is 0.350. The molecule has 0 radical (unpaired) electrons. The van der Waals surface area contributed by atoms with Crippen LogP contribution in [0.1, 0.15) is 0 Å². The second kappa shape index (κ2) is 3.55. The maximum atomic E-state index is 13.0. The van der Waals surface area contributed by atoms with Gasteiger partial charge in [-0.1, -0.05) is 11.6 Å². The Morgan fingerprint density at radius 3 is 2.71 bits per heavy atom. The van der Waals surface area contributed by atoms with Gasteiger partial charge in [-0.05, 0) is 30.4 Å². The fourth-order valence-corrected chi connectivity index (χ4v) is 1.65. The molecule has 72 valence electrons. The molecule has 1 N–H and O–H groups in total. The van der Waals surface area contributed by atoms with Gasteiger partial charge in [0, 0.05) is 17.4 Å². The normalized spacial score (nSPS) is 10.4. The van der Waals surface area contributed by atoms with Crippen LogP contribution in [-0.4, -0.2) is 9.55 Å². The van der Waals surface area contributed by atoms with Crippen LogP contribution in [-0.2, 0) is 0 Å². The zero-order valence-corrected chi connectivity index (χ0v) is 8.57. The van der Waals surface area contributed by atoms with Gasteiger partial charge >= 0.3 is 0 Å². The first-order valence-electron chi connectivity index (χ1n) is 3.89. The van der Waals surface area contributed by atoms with Gasteiger partial charge in [-0.25, -0.2) is 4.39 Å². The minimum atomic E-state index is -0.379. The van der Waals surface area contributed by atoms with Crippen LogP contribution in [0.15, 0.2) is 30.6 Å². The molecule has 0 fully saturated rings. The summed E-state index contributed by atoms with van der Waals surface area (Å²) in [6, 6.07) is 4.27. The molecule has 5 heteroatoms. The van der Waals surface area contributed by atoms with Crippen molar-refractivity contribution in [3.05, 3.63) is 46.2 Å². The van der Waals surface area contributed by atoms with Gasteiger partial charge in [-0.3, -0.25) is 4.57 Å². The van der Waals surface area contributed by atoms with E-state index in [2.05, 4.69) is 4.98 Å². The highest BCUT2D eigenvalue weighted by Gasteiger charge is 2.01. The molecule has 1 heterocycles. The van der Waals surface area contributed by atoms with E-state index in [0.717, 1.165) is 0 Å². The number of aromatic nitrogens is 2. The molecule has 0 bridgehead atoms. The Balaban J connectivity index is 2.63. The number of nitrogens with zero attached hydrogens (tertiary/aromatic N) is 1. The maximum absolute atomic E-state index is 13.0. The molecule has 0 spiro atoms. The summed E-state index contributed by atoms with van der Waals surface area (Å²) in [4.78, 5) is 2.82. The van der Waals surface area contributed by atoms with Gasteiger partial charge in [0.05, 0.1) is 5.69 Å². The number of nitrogens with one attached hydrogen (secondary N) is 1. The highest BCUT2D eigenvalue weighted by Crippen LogP contribution is 2.17. The molecule has 14 heavy (non-hydrogen) atoms. The molecule has 1 aromatic heterocycles. The van der Waals surface area contributed by atoms with Crippen molar-refractivity contribution in [1.82, 2.24) is 9.55 Å². The fourth-order valence-electron chi connectivity index (χ4n) is 1.20. The second-order valence-corrected chi connectivity index (χ2v) is 3.59. The Morgan fingerprint density at radius 1 is 1.36 bits per heavy atom. The first-order chi connectivity index (χ1) is 6.66. The highest BCUT2D eigenvalue weighted by atomic mass is 35.5. The molecule has 1 aromatic carbocycles. The summed E-state index contributed by atoms with van der Waals surface area (Å²) in [5, 5.41) is 0.350. The van der Waals surface area contributed by atoms with Crippen molar-refractivity contribution >= 4 is 23.8 Å². The van der Waals surface area contributed by atoms with Crippen molar-refractivity contribution in [2.24, 2.45) is 0 Å². The Kier molecular flexibility index (Phi) is 2.39. The number of hydrogen-bond donors (Lipinski definition) is 1. The molecule has 0 saturated carbocycles. The van der Waals surface area contributed by atoms with E-state index in [0.29, 0.717) is 15.5 Å². The summed E-state index contributed by atoms with van der Waals surface area (Å²) in [5.74, 6) is -0.379. The molecule has 0 amide bonds. The molecule has 0 aliphatic rings. The summed E-state index contributed by atoms with van der Waals surface area (Å²) >= 11 is 10.7. The van der Waals surface area contributed by atoms with Crippen molar-refractivity contribution in [3.63, 3.8) is 0 Å². The summed E-state index contributed by atoms with van der Waals surface area (Å²) < 4.78 is 15.2. The molecule has 0 aliphatic heterocycles. The molecule has 0 saturated heterocycles. The largest absolute Gasteiger partial charge is 0.337 e. The lowest BCUT2D eigenvalue weighted by molar-refractivity contribution is 0.626. The predicted molar refractivity (Wildman–Crippen MR) is 55.9 cm³/mol. The average Bonchev–Trinajstić information content (AvgIpc) is 2.49. The Morgan fingerprint density at radius 2 is 2.14 bits per heavy atom. The van der Waals surface area contributed by atoms with E-state index in [9.17, 15) is 4.39 Å². The monoisotopic (exact) mass is 228 g/mol. The van der Waals surface area contributed by atoms with E-state index in [1.807, 2.05) is 0 Å². The summed E-state index contributed by atoms with van der Waals surface area (Å²) in [6.07, 6.45) is 3.40. The number of aromatic amines is 1. The van der Waals surface area contributed by atoms with Crippen LogP contribution in [0.3, 0.4) is 0 Å². The molecule has 2 nitrogen and oxygen atoms in total. The van der Waals surface area contributed by atoms with Crippen molar-refractivity contribution in [2.45, 2.75) is 0 Å². The van der Waals surface area contributed by atoms with Crippen LogP contribution in [0.5, 0.6) is 0 Å². The van der Waals surface area contributed by atoms with E-state index < -0.39 is 0 Å². The van der Waals surface area contributed by atoms with E-state index in [-0.39, 0.29) is 5.82 Å². The predicted octanol–water partition coefficient (Wildman–Crippen LogP) is 3.33. The molecule has 0 unspecified atom stereocenters. The van der Waals surface area contributed by atoms with Gasteiger partial charge in [-0.15, -0.1) is 0 Å². The zero-order chi connectivity index (χ0) is 10.1. The fraction of sp³-hybridized carbons (Fsp3) is 0. The molecule has 2 rings (SSSR count). The lowest BCUT2D eigenvalue weighted by atomic mass is 10.3. The van der Waals surface area contributed by atoms with Crippen LogP contribution in [0.25, 0.3) is 5.69 Å². The van der Waals surface area contributed by atoms with Crippen LogP contribution in [0.2, 0.25) is 5.02 Å². The van der Waals surface area contributed by atoms with Crippen LogP contribution in [0, 0.1) is 10.6 Å². The molecular formula is C9H6ClFN2S. The van der Waals surface area contributed by atoms with Crippen LogP contribution >= 0.6 is 23.8 Å². The molecule has 0 aliphatic carbocycles. The average molecular weight is 229 g/mol. The van der Waals surface area contributed by atoms with E-state index in [4.69, 9.17) is 23.8 Å². The Bertz CT molecular complexity index is 497. The van der Waals surface area contributed by atoms with Crippen molar-refractivity contribution < 1.29 is 4.39 Å². The molecule has 2 aromatic rings. The SMILES string of the molecule is Fc1cc(Cl)cc(-n2cc[nH]c2=S)c1. The van der Waals surface area contributed by atoms with Gasteiger partial charge in [0.1, 0.15) is 5.82 Å². The molecule has 0 atom stereocenters. The zero-order valence-electron chi connectivity index (χ0n) is 7.00. The van der Waals surface area contributed by atoms with Gasteiger partial charge in [0.2, 0.25) is 0 Å². The third-order valence-corrected chi connectivity index (χ3v) is 2.31. The standard InChI is InChI=1S/C9H6ClFN2S/c10-6-3-7(11)5-8(4-6)13-2-1-12-9(13)14/h1-5H,(H,12,14). The first kappa shape index (κ1) is 9.43. The number of rotatable bonds is 1. The second-order valence-electron chi connectivity index (χ2n) is 2.76. The number of hydrogen-bond acceptors (Lipinski definition) is 1. The van der Waals surface area contributed by atoms with E-state index in [1.165, 1.54) is 12.1 Å². The van der Waals surface area contributed by atoms with Crippen molar-refractivity contribution in [3.8, 4) is 5.69 Å². The number of halogens is 2. The van der Waals surface area contributed by atoms with Crippen LogP contribution < -0.4 is 0 Å².